The summed E-state index contributed by atoms with van der Waals surface area (Å²) in [6, 6.07) is 0. The van der Waals surface area contributed by atoms with Crippen molar-refractivity contribution in [3.8, 4) is 0 Å². The summed E-state index contributed by atoms with van der Waals surface area (Å²) in [5, 5.41) is 0. The van der Waals surface area contributed by atoms with Crippen LogP contribution in [-0.4, -0.2) is 31.4 Å². The van der Waals surface area contributed by atoms with Crippen LogP contribution in [0.3, 0.4) is 0 Å². The SMILES string of the molecule is C=C(O[C@H]1C[C@@H](C)C=C2C=C[C@H](C)[C@H](CCC3CC(OC)CC(=O)O3)[C@H]21)C(C)(C)CC. The second kappa shape index (κ2) is 9.94. The zero-order valence-corrected chi connectivity index (χ0v) is 20.4. The van der Waals surface area contributed by atoms with Crippen LogP contribution in [0.1, 0.15) is 73.1 Å². The summed E-state index contributed by atoms with van der Waals surface area (Å²) < 4.78 is 17.7. The lowest BCUT2D eigenvalue weighted by molar-refractivity contribution is -0.162. The number of methoxy groups -OCH3 is 1. The quantitative estimate of drug-likeness (QED) is 0.338. The van der Waals surface area contributed by atoms with Crippen LogP contribution in [0.5, 0.6) is 0 Å². The van der Waals surface area contributed by atoms with Crippen molar-refractivity contribution in [2.75, 3.05) is 7.11 Å². The Morgan fingerprint density at radius 1 is 1.26 bits per heavy atom. The molecule has 0 radical (unpaired) electrons. The zero-order chi connectivity index (χ0) is 22.8. The Balaban J connectivity index is 1.75. The molecule has 0 aromatic carbocycles. The molecule has 3 aliphatic rings. The van der Waals surface area contributed by atoms with Crippen molar-refractivity contribution in [2.45, 2.75) is 91.5 Å². The molecule has 174 valence electrons. The van der Waals surface area contributed by atoms with E-state index >= 15 is 0 Å². The minimum Gasteiger partial charge on any atom is -0.494 e. The van der Waals surface area contributed by atoms with E-state index in [0.29, 0.717) is 30.1 Å². The molecule has 7 atom stereocenters. The maximum absolute atomic E-state index is 12.0. The van der Waals surface area contributed by atoms with E-state index in [-0.39, 0.29) is 29.7 Å². The predicted octanol–water partition coefficient (Wildman–Crippen LogP) is 6.23. The highest BCUT2D eigenvalue weighted by atomic mass is 16.6. The summed E-state index contributed by atoms with van der Waals surface area (Å²) in [6.07, 6.45) is 12.2. The molecule has 4 heteroatoms. The molecule has 1 saturated heterocycles. The molecule has 4 nitrogen and oxygen atoms in total. The average molecular weight is 431 g/mol. The molecule has 0 bridgehead atoms. The van der Waals surface area contributed by atoms with Crippen molar-refractivity contribution >= 4 is 5.97 Å². The molecule has 1 aliphatic heterocycles. The van der Waals surface area contributed by atoms with Gasteiger partial charge in [0.15, 0.2) is 0 Å². The lowest BCUT2D eigenvalue weighted by Crippen LogP contribution is -2.41. The molecule has 2 aliphatic carbocycles. The summed E-state index contributed by atoms with van der Waals surface area (Å²) in [7, 11) is 1.68. The summed E-state index contributed by atoms with van der Waals surface area (Å²) in [5.41, 5.74) is 1.38. The smallest absolute Gasteiger partial charge is 0.308 e. The Hall–Kier alpha value is -1.55. The van der Waals surface area contributed by atoms with Crippen LogP contribution in [0.15, 0.2) is 36.1 Å². The van der Waals surface area contributed by atoms with Crippen LogP contribution in [0, 0.1) is 29.1 Å². The van der Waals surface area contributed by atoms with Gasteiger partial charge in [-0.2, -0.15) is 0 Å². The number of hydrogen-bond acceptors (Lipinski definition) is 4. The van der Waals surface area contributed by atoms with Crippen LogP contribution >= 0.6 is 0 Å². The Labute approximate surface area is 189 Å². The van der Waals surface area contributed by atoms with Gasteiger partial charge in [-0.15, -0.1) is 0 Å². The lowest BCUT2D eigenvalue weighted by atomic mass is 9.65. The summed E-state index contributed by atoms with van der Waals surface area (Å²) >= 11 is 0. The Morgan fingerprint density at radius 3 is 2.68 bits per heavy atom. The maximum Gasteiger partial charge on any atom is 0.308 e. The zero-order valence-electron chi connectivity index (χ0n) is 20.4. The van der Waals surface area contributed by atoms with Crippen molar-refractivity contribution in [3.63, 3.8) is 0 Å². The van der Waals surface area contributed by atoms with E-state index in [1.807, 2.05) is 0 Å². The Morgan fingerprint density at radius 2 is 2.00 bits per heavy atom. The molecule has 0 amide bonds. The summed E-state index contributed by atoms with van der Waals surface area (Å²) in [4.78, 5) is 12.0. The lowest BCUT2D eigenvalue weighted by Gasteiger charge is -2.45. The van der Waals surface area contributed by atoms with Gasteiger partial charge in [0.05, 0.1) is 18.3 Å². The van der Waals surface area contributed by atoms with E-state index in [4.69, 9.17) is 14.2 Å². The fourth-order valence-corrected chi connectivity index (χ4v) is 5.34. The van der Waals surface area contributed by atoms with Gasteiger partial charge in [-0.25, -0.2) is 0 Å². The van der Waals surface area contributed by atoms with E-state index in [1.165, 1.54) is 5.57 Å². The Bertz CT molecular complexity index is 719. The highest BCUT2D eigenvalue weighted by Gasteiger charge is 2.42. The molecule has 3 rings (SSSR count). The fourth-order valence-electron chi connectivity index (χ4n) is 5.34. The molecular formula is C27H42O4. The number of carbonyl (C=O) groups excluding carboxylic acids is 1. The monoisotopic (exact) mass is 430 g/mol. The highest BCUT2D eigenvalue weighted by Crippen LogP contribution is 2.46. The van der Waals surface area contributed by atoms with E-state index < -0.39 is 0 Å². The van der Waals surface area contributed by atoms with E-state index in [9.17, 15) is 4.79 Å². The van der Waals surface area contributed by atoms with Crippen molar-refractivity contribution in [2.24, 2.45) is 29.1 Å². The fraction of sp³-hybridized carbons (Fsp3) is 0.741. The van der Waals surface area contributed by atoms with Gasteiger partial charge in [0, 0.05) is 24.9 Å². The molecule has 0 aromatic rings. The van der Waals surface area contributed by atoms with Crippen LogP contribution in [0.2, 0.25) is 0 Å². The minimum atomic E-state index is -0.133. The van der Waals surface area contributed by atoms with Crippen LogP contribution < -0.4 is 0 Å². The largest absolute Gasteiger partial charge is 0.494 e. The van der Waals surface area contributed by atoms with Crippen molar-refractivity contribution in [1.29, 1.82) is 0 Å². The van der Waals surface area contributed by atoms with E-state index in [2.05, 4.69) is 59.4 Å². The van der Waals surface area contributed by atoms with E-state index in [1.54, 1.807) is 7.11 Å². The average Bonchev–Trinajstić information content (AvgIpc) is 2.72. The van der Waals surface area contributed by atoms with Gasteiger partial charge >= 0.3 is 5.97 Å². The van der Waals surface area contributed by atoms with Gasteiger partial charge in [0.1, 0.15) is 12.2 Å². The maximum atomic E-state index is 12.0. The van der Waals surface area contributed by atoms with Gasteiger partial charge in [-0.3, -0.25) is 4.79 Å². The molecule has 1 heterocycles. The number of allylic oxidation sites excluding steroid dienone is 4. The number of rotatable bonds is 8. The normalized spacial score (nSPS) is 35.7. The van der Waals surface area contributed by atoms with E-state index in [0.717, 1.165) is 37.9 Å². The molecule has 31 heavy (non-hydrogen) atoms. The third-order valence-electron chi connectivity index (χ3n) is 7.90. The summed E-state index contributed by atoms with van der Waals surface area (Å²) in [6.45, 7) is 15.5. The minimum absolute atomic E-state index is 0.0170. The van der Waals surface area contributed by atoms with Crippen molar-refractivity contribution in [1.82, 2.24) is 0 Å². The van der Waals surface area contributed by atoms with Gasteiger partial charge in [-0.05, 0) is 49.0 Å². The number of hydrogen-bond donors (Lipinski definition) is 0. The number of cyclic esters (lactones) is 1. The first kappa shape index (κ1) is 24.1. The molecular weight excluding hydrogens is 388 g/mol. The van der Waals surface area contributed by atoms with Crippen LogP contribution in [0.4, 0.5) is 0 Å². The third kappa shape index (κ3) is 5.63. The van der Waals surface area contributed by atoms with Gasteiger partial charge in [-0.1, -0.05) is 59.4 Å². The molecule has 0 spiro atoms. The van der Waals surface area contributed by atoms with Crippen molar-refractivity contribution < 1.29 is 19.0 Å². The topological polar surface area (TPSA) is 44.8 Å². The molecule has 0 saturated carbocycles. The van der Waals surface area contributed by atoms with Crippen LogP contribution in [-0.2, 0) is 19.0 Å². The molecule has 1 fully saturated rings. The third-order valence-corrected chi connectivity index (χ3v) is 7.90. The second-order valence-corrected chi connectivity index (χ2v) is 10.6. The molecule has 0 N–H and O–H groups in total. The number of esters is 1. The highest BCUT2D eigenvalue weighted by molar-refractivity contribution is 5.71. The van der Waals surface area contributed by atoms with Crippen molar-refractivity contribution in [3.05, 3.63) is 36.1 Å². The summed E-state index contributed by atoms with van der Waals surface area (Å²) in [5.74, 6) is 2.55. The Kier molecular flexibility index (Phi) is 7.72. The van der Waals surface area contributed by atoms with Gasteiger partial charge < -0.3 is 14.2 Å². The number of carbonyl (C=O) groups is 1. The molecule has 2 unspecified atom stereocenters. The van der Waals surface area contributed by atoms with Gasteiger partial charge in [0.25, 0.3) is 0 Å². The first-order chi connectivity index (χ1) is 14.6. The first-order valence-corrected chi connectivity index (χ1v) is 12.1. The second-order valence-electron chi connectivity index (χ2n) is 10.6. The standard InChI is InChI=1S/C27H42O4/c1-8-27(5,6)19(4)30-24-14-17(2)13-20-10-9-18(3)23(26(20)24)12-11-21-15-22(29-7)16-25(28)31-21/h9-10,13,17-18,21-24,26H,4,8,11-12,14-16H2,1-3,5-7H3/t17-,18-,21?,22?,23-,24-,26-/m0/s1. The predicted molar refractivity (Wildman–Crippen MR) is 124 cm³/mol. The number of fused-ring (bicyclic) bond motifs is 1. The first-order valence-electron chi connectivity index (χ1n) is 12.1. The molecule has 0 aromatic heterocycles. The van der Waals surface area contributed by atoms with Gasteiger partial charge in [0.2, 0.25) is 0 Å². The van der Waals surface area contributed by atoms with Crippen LogP contribution in [0.25, 0.3) is 0 Å². The number of ether oxygens (including phenoxy) is 3.